The molecule has 0 rings (SSSR count). The lowest BCUT2D eigenvalue weighted by Gasteiger charge is -1.97. The fourth-order valence-electron chi connectivity index (χ4n) is 0.280. The van der Waals surface area contributed by atoms with Gasteiger partial charge in [0.05, 0.1) is 6.08 Å². The Balaban J connectivity index is 3.95. The Labute approximate surface area is 50.2 Å². The number of hydrogen-bond acceptors (Lipinski definition) is 0. The zero-order valence-corrected chi connectivity index (χ0v) is 4.80. The van der Waals surface area contributed by atoms with Gasteiger partial charge in [-0.3, -0.25) is 0 Å². The molecule has 0 N–H and O–H groups in total. The molecule has 0 aliphatic rings. The zero-order chi connectivity index (χ0) is 7.49. The molecule has 0 aromatic heterocycles. The summed E-state index contributed by atoms with van der Waals surface area (Å²) in [4.78, 5) is 0. The highest BCUT2D eigenvalue weighted by Crippen LogP contribution is 2.19. The highest BCUT2D eigenvalue weighted by molar-refractivity contribution is 4.95. The number of alkyl halides is 3. The van der Waals surface area contributed by atoms with Crippen LogP contribution in [0.15, 0.2) is 11.9 Å². The Kier molecular flexibility index (Phi) is 2.67. The molecule has 0 aliphatic carbocycles. The second kappa shape index (κ2) is 2.85. The Morgan fingerprint density at radius 2 is 1.89 bits per heavy atom. The average Bonchev–Trinajstić information content (AvgIpc) is 1.62. The predicted molar refractivity (Wildman–Crippen MR) is 25.5 cm³/mol. The first-order chi connectivity index (χ1) is 3.95. The van der Waals surface area contributed by atoms with Gasteiger partial charge in [0, 0.05) is 0 Å². The number of rotatable bonds is 1. The molecule has 0 amide bonds. The van der Waals surface area contributed by atoms with E-state index in [1.807, 2.05) is 0 Å². The standard InChI is InChI=1S/C5H6F4/c1-2-4(6)3-5(7,8)9/h3H,2H2,1H3. The van der Waals surface area contributed by atoms with Gasteiger partial charge in [-0.05, 0) is 6.42 Å². The van der Waals surface area contributed by atoms with E-state index in [1.54, 1.807) is 0 Å². The molecule has 0 bridgehead atoms. The molecule has 54 valence electrons. The molecule has 0 aromatic carbocycles. The highest BCUT2D eigenvalue weighted by Gasteiger charge is 2.24. The molecule has 4 heteroatoms. The van der Waals surface area contributed by atoms with E-state index in [0.29, 0.717) is 0 Å². The monoisotopic (exact) mass is 142 g/mol. The normalized spacial score (nSPS) is 14.1. The first-order valence-corrected chi connectivity index (χ1v) is 2.39. The van der Waals surface area contributed by atoms with Crippen LogP contribution in [0.5, 0.6) is 0 Å². The van der Waals surface area contributed by atoms with Crippen LogP contribution < -0.4 is 0 Å². The van der Waals surface area contributed by atoms with Gasteiger partial charge in [-0.25, -0.2) is 4.39 Å². The zero-order valence-electron chi connectivity index (χ0n) is 4.80. The van der Waals surface area contributed by atoms with Crippen LogP contribution in [-0.2, 0) is 0 Å². The van der Waals surface area contributed by atoms with Gasteiger partial charge in [0.15, 0.2) is 0 Å². The Morgan fingerprint density at radius 1 is 1.44 bits per heavy atom. The fraction of sp³-hybridized carbons (Fsp3) is 0.600. The Morgan fingerprint density at radius 3 is 2.00 bits per heavy atom. The first kappa shape index (κ1) is 8.46. The maximum absolute atomic E-state index is 11.8. The molecule has 9 heavy (non-hydrogen) atoms. The van der Waals surface area contributed by atoms with Gasteiger partial charge < -0.3 is 0 Å². The molecule has 0 saturated heterocycles. The van der Waals surface area contributed by atoms with Crippen LogP contribution in [0.25, 0.3) is 0 Å². The van der Waals surface area contributed by atoms with Gasteiger partial charge in [-0.15, -0.1) is 0 Å². The summed E-state index contributed by atoms with van der Waals surface area (Å²) in [5.41, 5.74) is 0. The molecule has 0 saturated carbocycles. The van der Waals surface area contributed by atoms with Crippen molar-refractivity contribution in [3.05, 3.63) is 11.9 Å². The van der Waals surface area contributed by atoms with Gasteiger partial charge in [0.2, 0.25) is 0 Å². The van der Waals surface area contributed by atoms with Crippen molar-refractivity contribution in [1.82, 2.24) is 0 Å². The summed E-state index contributed by atoms with van der Waals surface area (Å²) in [6, 6.07) is 0. The summed E-state index contributed by atoms with van der Waals surface area (Å²) in [6.07, 6.45) is -5.06. The predicted octanol–water partition coefficient (Wildman–Crippen LogP) is 2.81. The van der Waals surface area contributed by atoms with Gasteiger partial charge >= 0.3 is 6.18 Å². The average molecular weight is 142 g/mol. The van der Waals surface area contributed by atoms with Crippen LogP contribution in [0, 0.1) is 0 Å². The van der Waals surface area contributed by atoms with Crippen molar-refractivity contribution in [3.8, 4) is 0 Å². The van der Waals surface area contributed by atoms with E-state index < -0.39 is 12.0 Å². The maximum atomic E-state index is 11.8. The third-order valence-electron chi connectivity index (χ3n) is 0.658. The number of allylic oxidation sites excluding steroid dienone is 2. The molecule has 0 spiro atoms. The summed E-state index contributed by atoms with van der Waals surface area (Å²) in [6.45, 7) is 1.32. The molecular weight excluding hydrogens is 136 g/mol. The summed E-state index contributed by atoms with van der Waals surface area (Å²) in [5, 5.41) is 0. The van der Waals surface area contributed by atoms with Crippen molar-refractivity contribution in [1.29, 1.82) is 0 Å². The van der Waals surface area contributed by atoms with Gasteiger partial charge in [-0.1, -0.05) is 6.92 Å². The molecule has 0 heterocycles. The summed E-state index contributed by atoms with van der Waals surface area (Å²) in [7, 11) is 0. The second-order valence-corrected chi connectivity index (χ2v) is 1.49. The van der Waals surface area contributed by atoms with Crippen molar-refractivity contribution in [2.24, 2.45) is 0 Å². The fourth-order valence-corrected chi connectivity index (χ4v) is 0.280. The largest absolute Gasteiger partial charge is 0.412 e. The van der Waals surface area contributed by atoms with Crippen LogP contribution in [0.2, 0.25) is 0 Å². The second-order valence-electron chi connectivity index (χ2n) is 1.49. The van der Waals surface area contributed by atoms with E-state index in [-0.39, 0.29) is 12.5 Å². The van der Waals surface area contributed by atoms with Crippen LogP contribution in [0.1, 0.15) is 13.3 Å². The molecule has 0 unspecified atom stereocenters. The number of hydrogen-bond donors (Lipinski definition) is 0. The van der Waals surface area contributed by atoms with Gasteiger partial charge in [-0.2, -0.15) is 13.2 Å². The van der Waals surface area contributed by atoms with Crippen LogP contribution in [0.4, 0.5) is 17.6 Å². The minimum absolute atomic E-state index is 0.209. The molecule has 0 aromatic rings. The molecule has 0 fully saturated rings. The highest BCUT2D eigenvalue weighted by atomic mass is 19.4. The van der Waals surface area contributed by atoms with Crippen molar-refractivity contribution in [2.75, 3.05) is 0 Å². The molecule has 0 nitrogen and oxygen atoms in total. The van der Waals surface area contributed by atoms with Crippen LogP contribution in [0.3, 0.4) is 0 Å². The van der Waals surface area contributed by atoms with E-state index >= 15 is 0 Å². The maximum Gasteiger partial charge on any atom is 0.412 e. The minimum Gasteiger partial charge on any atom is -0.212 e. The lowest BCUT2D eigenvalue weighted by atomic mass is 10.4. The first-order valence-electron chi connectivity index (χ1n) is 2.39. The van der Waals surface area contributed by atoms with E-state index in [0.717, 1.165) is 0 Å². The quantitative estimate of drug-likeness (QED) is 0.494. The molecule has 0 radical (unpaired) electrons. The van der Waals surface area contributed by atoms with Crippen molar-refractivity contribution >= 4 is 0 Å². The summed E-state index contributed by atoms with van der Waals surface area (Å²) in [5.74, 6) is -1.14. The van der Waals surface area contributed by atoms with E-state index in [2.05, 4.69) is 0 Å². The SMILES string of the molecule is CCC(F)=CC(F)(F)F. The van der Waals surface area contributed by atoms with Crippen molar-refractivity contribution in [2.45, 2.75) is 19.5 Å². The van der Waals surface area contributed by atoms with Crippen LogP contribution in [-0.4, -0.2) is 6.18 Å². The summed E-state index contributed by atoms with van der Waals surface area (Å²) >= 11 is 0. The van der Waals surface area contributed by atoms with Crippen molar-refractivity contribution < 1.29 is 17.6 Å². The van der Waals surface area contributed by atoms with E-state index in [9.17, 15) is 17.6 Å². The Bertz CT molecular complexity index is 111. The third-order valence-corrected chi connectivity index (χ3v) is 0.658. The van der Waals surface area contributed by atoms with E-state index in [4.69, 9.17) is 0 Å². The topological polar surface area (TPSA) is 0 Å². The lowest BCUT2D eigenvalue weighted by Crippen LogP contribution is -2.01. The number of halogens is 4. The third kappa shape index (κ3) is 5.33. The minimum atomic E-state index is -4.51. The van der Waals surface area contributed by atoms with Gasteiger partial charge in [0.1, 0.15) is 5.83 Å². The smallest absolute Gasteiger partial charge is 0.212 e. The van der Waals surface area contributed by atoms with E-state index in [1.165, 1.54) is 6.92 Å². The Hall–Kier alpha value is -0.540. The van der Waals surface area contributed by atoms with Crippen LogP contribution >= 0.6 is 0 Å². The molecular formula is C5H6F4. The summed E-state index contributed by atoms with van der Waals surface area (Å²) < 4.78 is 45.3. The molecule has 0 atom stereocenters. The van der Waals surface area contributed by atoms with Crippen molar-refractivity contribution in [3.63, 3.8) is 0 Å². The molecule has 0 aliphatic heterocycles. The lowest BCUT2D eigenvalue weighted by molar-refractivity contribution is -0.0815. The van der Waals surface area contributed by atoms with Gasteiger partial charge in [0.25, 0.3) is 0 Å².